The molecule has 0 aliphatic heterocycles. The molecule has 0 radical (unpaired) electrons. The lowest BCUT2D eigenvalue weighted by atomic mass is 9.60. The van der Waals surface area contributed by atoms with E-state index in [2.05, 4.69) is 48.6 Å². The Morgan fingerprint density at radius 2 is 1.12 bits per heavy atom. The molecule has 0 amide bonds. The van der Waals surface area contributed by atoms with Crippen LogP contribution in [0.2, 0.25) is 0 Å². The molecule has 2 fully saturated rings. The highest BCUT2D eigenvalue weighted by Gasteiger charge is 2.55. The third-order valence-electron chi connectivity index (χ3n) is 12.4. The standard InChI is InChI=1S/C42H36N4S3/c43-21-29(22-44)25-9-7-11-27(17-25)31-19-33-35(41(31)13-3-1-4-14-41)36-39(48-33)40-37(42(36)15-5-2-6-16-42)38-34(49-40)20-32(47-38)28-12-8-10-26(18-28)30(23-45)24-46/h17-20H,1-16H2. The van der Waals surface area contributed by atoms with Gasteiger partial charge in [-0.1, -0.05) is 50.7 Å². The summed E-state index contributed by atoms with van der Waals surface area (Å²) in [5.41, 5.74) is 11.5. The van der Waals surface area contributed by atoms with Crippen molar-refractivity contribution in [2.75, 3.05) is 0 Å². The molecule has 0 aromatic carbocycles. The molecule has 0 atom stereocenters. The van der Waals surface area contributed by atoms with Crippen molar-refractivity contribution in [2.24, 2.45) is 0 Å². The van der Waals surface area contributed by atoms with Crippen LogP contribution in [0.1, 0.15) is 129 Å². The fourth-order valence-electron chi connectivity index (χ4n) is 10.3. The van der Waals surface area contributed by atoms with Crippen molar-refractivity contribution in [2.45, 2.75) is 114 Å². The van der Waals surface area contributed by atoms with E-state index in [4.69, 9.17) is 0 Å². The molecule has 0 bridgehead atoms. The van der Waals surface area contributed by atoms with E-state index in [9.17, 15) is 21.0 Å². The minimum absolute atomic E-state index is 0.0263. The number of nitriles is 4. The van der Waals surface area contributed by atoms with Gasteiger partial charge in [0, 0.05) is 35.7 Å². The van der Waals surface area contributed by atoms with Crippen molar-refractivity contribution in [3.05, 3.63) is 78.1 Å². The Balaban J connectivity index is 1.21. The summed E-state index contributed by atoms with van der Waals surface area (Å²) in [5.74, 6) is 0. The van der Waals surface area contributed by atoms with E-state index in [0.29, 0.717) is 0 Å². The van der Waals surface area contributed by atoms with Crippen LogP contribution < -0.4 is 0 Å². The van der Waals surface area contributed by atoms with Gasteiger partial charge in [-0.25, -0.2) is 0 Å². The van der Waals surface area contributed by atoms with Gasteiger partial charge in [0.1, 0.15) is 35.4 Å². The first-order valence-corrected chi connectivity index (χ1v) is 20.5. The Bertz CT molecular complexity index is 2250. The van der Waals surface area contributed by atoms with Gasteiger partial charge in [-0.05, 0) is 115 Å². The van der Waals surface area contributed by atoms with Gasteiger partial charge >= 0.3 is 0 Å². The van der Waals surface area contributed by atoms with Crippen LogP contribution in [-0.2, 0) is 10.8 Å². The minimum Gasteiger partial charge on any atom is -0.192 e. The molecule has 3 heterocycles. The van der Waals surface area contributed by atoms with Crippen LogP contribution >= 0.6 is 34.0 Å². The van der Waals surface area contributed by atoms with Crippen LogP contribution in [0.3, 0.4) is 0 Å². The van der Waals surface area contributed by atoms with Crippen molar-refractivity contribution >= 4 is 55.1 Å². The molecule has 6 aliphatic rings. The van der Waals surface area contributed by atoms with Gasteiger partial charge in [-0.3, -0.25) is 0 Å². The summed E-state index contributed by atoms with van der Waals surface area (Å²) in [6.45, 7) is 0. The topological polar surface area (TPSA) is 95.2 Å². The maximum Gasteiger partial charge on any atom is 0.132 e. The smallest absolute Gasteiger partial charge is 0.132 e. The Hall–Kier alpha value is -3.98. The van der Waals surface area contributed by atoms with Gasteiger partial charge in [0.2, 0.25) is 0 Å². The van der Waals surface area contributed by atoms with Crippen LogP contribution in [0.15, 0.2) is 51.7 Å². The number of allylic oxidation sites excluding steroid dienone is 9. The maximum absolute atomic E-state index is 9.70. The van der Waals surface area contributed by atoms with Gasteiger partial charge in [0.25, 0.3) is 0 Å². The van der Waals surface area contributed by atoms with Crippen molar-refractivity contribution in [1.29, 1.82) is 21.0 Å². The molecular weight excluding hydrogens is 657 g/mol. The molecule has 3 aromatic heterocycles. The van der Waals surface area contributed by atoms with Gasteiger partial charge < -0.3 is 0 Å². The molecule has 49 heavy (non-hydrogen) atoms. The normalized spacial score (nSPS) is 21.5. The zero-order valence-electron chi connectivity index (χ0n) is 27.6. The predicted molar refractivity (Wildman–Crippen MR) is 200 cm³/mol. The van der Waals surface area contributed by atoms with Crippen LogP contribution in [-0.4, -0.2) is 0 Å². The largest absolute Gasteiger partial charge is 0.192 e. The molecule has 0 saturated heterocycles. The molecule has 3 aromatic rings. The highest BCUT2D eigenvalue weighted by atomic mass is 32.1. The van der Waals surface area contributed by atoms with E-state index < -0.39 is 0 Å². The second-order valence-electron chi connectivity index (χ2n) is 14.8. The van der Waals surface area contributed by atoms with E-state index in [0.717, 1.165) is 49.7 Å². The summed E-state index contributed by atoms with van der Waals surface area (Å²) in [4.78, 5) is 5.85. The highest BCUT2D eigenvalue weighted by molar-refractivity contribution is 7.32. The van der Waals surface area contributed by atoms with Gasteiger partial charge in [-0.2, -0.15) is 21.0 Å². The third kappa shape index (κ3) is 4.46. The highest BCUT2D eigenvalue weighted by Crippen LogP contribution is 2.69. The summed E-state index contributed by atoms with van der Waals surface area (Å²) < 4.78 is 2.87. The molecular formula is C42H36N4S3. The average molecular weight is 693 g/mol. The number of nitrogens with zero attached hydrogens (tertiary/aromatic N) is 4. The summed E-state index contributed by atoms with van der Waals surface area (Å²) in [6, 6.07) is 11.0. The number of hydrogen-bond donors (Lipinski definition) is 0. The predicted octanol–water partition coefficient (Wildman–Crippen LogP) is 12.2. The molecule has 2 saturated carbocycles. The average Bonchev–Trinajstić information content (AvgIpc) is 3.92. The van der Waals surface area contributed by atoms with Crippen molar-refractivity contribution in [3.8, 4) is 34.0 Å². The Kier molecular flexibility index (Phi) is 7.49. The van der Waals surface area contributed by atoms with E-state index in [1.165, 1.54) is 105 Å². The van der Waals surface area contributed by atoms with Crippen molar-refractivity contribution < 1.29 is 0 Å². The lowest BCUT2D eigenvalue weighted by molar-refractivity contribution is 0.323. The lowest BCUT2D eigenvalue weighted by Gasteiger charge is -2.43. The van der Waals surface area contributed by atoms with E-state index in [1.807, 2.05) is 34.0 Å². The zero-order chi connectivity index (χ0) is 33.3. The van der Waals surface area contributed by atoms with Crippen molar-refractivity contribution in [1.82, 2.24) is 0 Å². The van der Waals surface area contributed by atoms with E-state index in [1.54, 1.807) is 21.6 Å². The SMILES string of the molecule is N#CC(C#N)=C1C=C(C2=Cc3sc4c(c3C23CCCCC3)C2(CCCCC2)c2c-4sc3cc(C4=CC(=C(C#N)C#N)CCC4)sc23)CCC1. The number of thiophene rings is 3. The summed E-state index contributed by atoms with van der Waals surface area (Å²) in [6.07, 6.45) is 24.9. The molecule has 0 N–H and O–H groups in total. The fraction of sp³-hybridized carbons (Fsp3) is 0.429. The summed E-state index contributed by atoms with van der Waals surface area (Å²) in [7, 11) is 0. The molecule has 2 spiro atoms. The maximum atomic E-state index is 9.70. The Labute approximate surface area is 300 Å². The molecule has 9 rings (SSSR count). The number of rotatable bonds is 2. The Morgan fingerprint density at radius 1 is 0.551 bits per heavy atom. The molecule has 6 aliphatic carbocycles. The van der Waals surface area contributed by atoms with Gasteiger partial charge in [-0.15, -0.1) is 34.0 Å². The summed E-state index contributed by atoms with van der Waals surface area (Å²) >= 11 is 6.01. The fourth-order valence-corrected chi connectivity index (χ4v) is 14.8. The molecule has 7 heteroatoms. The van der Waals surface area contributed by atoms with Gasteiger partial charge in [0.15, 0.2) is 0 Å². The number of hydrogen-bond acceptors (Lipinski definition) is 7. The monoisotopic (exact) mass is 692 g/mol. The lowest BCUT2D eigenvalue weighted by Crippen LogP contribution is -2.35. The second-order valence-corrected chi connectivity index (χ2v) is 17.9. The first-order chi connectivity index (χ1) is 24.0. The third-order valence-corrected chi connectivity index (χ3v) is 16.2. The number of fused-ring (bicyclic) bond motifs is 10. The second kappa shape index (κ2) is 11.8. The summed E-state index contributed by atoms with van der Waals surface area (Å²) in [5, 5.41) is 38.5. The van der Waals surface area contributed by atoms with Crippen molar-refractivity contribution in [3.63, 3.8) is 0 Å². The van der Waals surface area contributed by atoms with Crippen LogP contribution in [0.25, 0.3) is 30.8 Å². The first kappa shape index (κ1) is 31.0. The van der Waals surface area contributed by atoms with Crippen LogP contribution in [0, 0.1) is 45.3 Å². The quantitative estimate of drug-likeness (QED) is 0.250. The van der Waals surface area contributed by atoms with Crippen LogP contribution in [0.5, 0.6) is 0 Å². The molecule has 4 nitrogen and oxygen atoms in total. The van der Waals surface area contributed by atoms with Gasteiger partial charge in [0.05, 0.1) is 9.58 Å². The molecule has 242 valence electrons. The van der Waals surface area contributed by atoms with E-state index >= 15 is 0 Å². The van der Waals surface area contributed by atoms with Crippen LogP contribution in [0.4, 0.5) is 0 Å². The van der Waals surface area contributed by atoms with E-state index in [-0.39, 0.29) is 22.0 Å². The zero-order valence-corrected chi connectivity index (χ0v) is 30.1. The first-order valence-electron chi connectivity index (χ1n) is 18.0. The Morgan fingerprint density at radius 3 is 1.76 bits per heavy atom. The minimum atomic E-state index is 0.0263. The molecule has 0 unspecified atom stereocenters.